The second-order valence-electron chi connectivity index (χ2n) is 3.62. The van der Waals surface area contributed by atoms with Crippen LogP contribution in [0.2, 0.25) is 0 Å². The molecule has 1 heterocycles. The summed E-state index contributed by atoms with van der Waals surface area (Å²) in [7, 11) is 1.49. The van der Waals surface area contributed by atoms with E-state index < -0.39 is 11.7 Å². The predicted octanol–water partition coefficient (Wildman–Crippen LogP) is 0.813. The molecule has 1 aromatic carbocycles. The molecule has 0 fully saturated rings. The van der Waals surface area contributed by atoms with Crippen LogP contribution >= 0.6 is 0 Å². The van der Waals surface area contributed by atoms with E-state index >= 15 is 0 Å². The lowest BCUT2D eigenvalue weighted by molar-refractivity contribution is -0.114. The number of aldehydes is 1. The minimum Gasteiger partial charge on any atom is -0.497 e. The van der Waals surface area contributed by atoms with Crippen molar-refractivity contribution >= 4 is 23.7 Å². The molecule has 0 aliphatic carbocycles. The molecule has 0 spiro atoms. The summed E-state index contributed by atoms with van der Waals surface area (Å²) in [6.45, 7) is 0.230. The molecular formula is C12H11NO4. The van der Waals surface area contributed by atoms with Crippen molar-refractivity contribution in [1.29, 1.82) is 0 Å². The first-order valence-electron chi connectivity index (χ1n) is 5.17. The van der Waals surface area contributed by atoms with Gasteiger partial charge < -0.3 is 14.4 Å². The Morgan fingerprint density at radius 3 is 2.76 bits per heavy atom. The summed E-state index contributed by atoms with van der Waals surface area (Å²) in [4.78, 5) is 35.0. The van der Waals surface area contributed by atoms with Gasteiger partial charge in [0, 0.05) is 13.0 Å². The molecule has 5 nitrogen and oxygen atoms in total. The third-order valence-corrected chi connectivity index (χ3v) is 2.65. The number of Topliss-reactive ketones (excluding diaryl/α,β-unsaturated/α-hetero) is 1. The number of carbonyl (C=O) groups excluding carboxylic acids is 3. The average Bonchev–Trinajstić information content (AvgIpc) is 2.60. The van der Waals surface area contributed by atoms with E-state index in [0.717, 1.165) is 6.29 Å². The first-order chi connectivity index (χ1) is 8.19. The number of anilines is 1. The second kappa shape index (κ2) is 4.37. The molecular weight excluding hydrogens is 222 g/mol. The highest BCUT2D eigenvalue weighted by Crippen LogP contribution is 2.31. The van der Waals surface area contributed by atoms with Crippen LogP contribution in [0, 0.1) is 0 Å². The Morgan fingerprint density at radius 1 is 1.35 bits per heavy atom. The maximum atomic E-state index is 11.7. The van der Waals surface area contributed by atoms with Crippen LogP contribution in [0.4, 0.5) is 5.69 Å². The zero-order valence-electron chi connectivity index (χ0n) is 9.30. The highest BCUT2D eigenvalue weighted by Gasteiger charge is 2.35. The fourth-order valence-electron chi connectivity index (χ4n) is 1.81. The number of ketones is 1. The third kappa shape index (κ3) is 1.80. The van der Waals surface area contributed by atoms with Gasteiger partial charge in [-0.15, -0.1) is 0 Å². The molecule has 1 aliphatic heterocycles. The number of amides is 1. The van der Waals surface area contributed by atoms with Crippen LogP contribution in [0.25, 0.3) is 0 Å². The molecule has 1 amide bonds. The molecule has 0 aromatic heterocycles. The number of nitrogens with zero attached hydrogens (tertiary/aromatic N) is 1. The summed E-state index contributed by atoms with van der Waals surface area (Å²) in [6.07, 6.45) is 0.934. The first-order valence-corrected chi connectivity index (χ1v) is 5.17. The number of fused-ring (bicyclic) bond motifs is 1. The molecule has 0 bridgehead atoms. The van der Waals surface area contributed by atoms with Crippen LogP contribution in [0.5, 0.6) is 5.75 Å². The fourth-order valence-corrected chi connectivity index (χ4v) is 1.81. The van der Waals surface area contributed by atoms with Crippen LogP contribution in [-0.2, 0) is 9.59 Å². The number of benzene rings is 1. The van der Waals surface area contributed by atoms with E-state index in [1.165, 1.54) is 18.1 Å². The van der Waals surface area contributed by atoms with Gasteiger partial charge in [0.05, 0.1) is 18.4 Å². The fraction of sp³-hybridized carbons (Fsp3) is 0.250. The van der Waals surface area contributed by atoms with Crippen LogP contribution in [-0.4, -0.2) is 31.6 Å². The van der Waals surface area contributed by atoms with Crippen molar-refractivity contribution in [3.05, 3.63) is 23.8 Å². The molecule has 0 saturated carbocycles. The van der Waals surface area contributed by atoms with Gasteiger partial charge in [0.1, 0.15) is 12.0 Å². The maximum absolute atomic E-state index is 11.7. The number of hydrogen-bond donors (Lipinski definition) is 0. The van der Waals surface area contributed by atoms with Crippen LogP contribution in [0.15, 0.2) is 18.2 Å². The van der Waals surface area contributed by atoms with Gasteiger partial charge in [-0.25, -0.2) is 0 Å². The Bertz CT molecular complexity index is 495. The summed E-state index contributed by atoms with van der Waals surface area (Å²) in [5.74, 6) is -0.609. The molecule has 1 aromatic rings. The zero-order valence-corrected chi connectivity index (χ0v) is 9.30. The van der Waals surface area contributed by atoms with Crippen LogP contribution in [0.1, 0.15) is 16.8 Å². The summed E-state index contributed by atoms with van der Waals surface area (Å²) in [5, 5.41) is 0. The van der Waals surface area contributed by atoms with Gasteiger partial charge in [-0.1, -0.05) is 0 Å². The van der Waals surface area contributed by atoms with E-state index in [9.17, 15) is 14.4 Å². The lowest BCUT2D eigenvalue weighted by Crippen LogP contribution is -2.30. The molecule has 5 heteroatoms. The van der Waals surface area contributed by atoms with E-state index in [-0.39, 0.29) is 13.0 Å². The molecule has 0 unspecified atom stereocenters. The smallest absolute Gasteiger partial charge is 0.299 e. The van der Waals surface area contributed by atoms with E-state index in [1.54, 1.807) is 12.1 Å². The molecule has 1 aliphatic rings. The van der Waals surface area contributed by atoms with E-state index in [4.69, 9.17) is 4.74 Å². The van der Waals surface area contributed by atoms with E-state index in [0.29, 0.717) is 17.0 Å². The number of ether oxygens (including phenoxy) is 1. The number of hydrogen-bond acceptors (Lipinski definition) is 4. The second-order valence-corrected chi connectivity index (χ2v) is 3.62. The molecule has 88 valence electrons. The maximum Gasteiger partial charge on any atom is 0.299 e. The summed E-state index contributed by atoms with van der Waals surface area (Å²) >= 11 is 0. The topological polar surface area (TPSA) is 63.7 Å². The van der Waals surface area contributed by atoms with Gasteiger partial charge >= 0.3 is 0 Å². The summed E-state index contributed by atoms with van der Waals surface area (Å²) in [5.41, 5.74) is 0.878. The quantitative estimate of drug-likeness (QED) is 0.570. The highest BCUT2D eigenvalue weighted by atomic mass is 16.5. The molecule has 2 rings (SSSR count). The molecule has 0 saturated heterocycles. The largest absolute Gasteiger partial charge is 0.497 e. The van der Waals surface area contributed by atoms with Crippen molar-refractivity contribution in [2.75, 3.05) is 18.6 Å². The lowest BCUT2D eigenvalue weighted by atomic mass is 10.1. The SMILES string of the molecule is COc1ccc2c(c1)C(=O)C(=O)N2CCC=O. The van der Waals surface area contributed by atoms with E-state index in [2.05, 4.69) is 0 Å². The summed E-state index contributed by atoms with van der Waals surface area (Å²) in [6, 6.07) is 4.87. The van der Waals surface area contributed by atoms with Crippen molar-refractivity contribution in [3.8, 4) is 5.75 Å². The Hall–Kier alpha value is -2.17. The third-order valence-electron chi connectivity index (χ3n) is 2.65. The minimum atomic E-state index is -0.588. The Balaban J connectivity index is 2.40. The Labute approximate surface area is 98.0 Å². The highest BCUT2D eigenvalue weighted by molar-refractivity contribution is 6.52. The van der Waals surface area contributed by atoms with Gasteiger partial charge in [-0.2, -0.15) is 0 Å². The van der Waals surface area contributed by atoms with Crippen molar-refractivity contribution in [3.63, 3.8) is 0 Å². The van der Waals surface area contributed by atoms with Crippen LogP contribution < -0.4 is 9.64 Å². The van der Waals surface area contributed by atoms with E-state index in [1.807, 2.05) is 0 Å². The summed E-state index contributed by atoms with van der Waals surface area (Å²) < 4.78 is 5.00. The Morgan fingerprint density at radius 2 is 2.12 bits per heavy atom. The first kappa shape index (κ1) is 11.3. The van der Waals surface area contributed by atoms with Gasteiger partial charge in [0.25, 0.3) is 11.7 Å². The standard InChI is InChI=1S/C12H11NO4/c1-17-8-3-4-10-9(7-8)11(15)12(16)13(10)5-2-6-14/h3-4,6-7H,2,5H2,1H3. The van der Waals surface area contributed by atoms with Gasteiger partial charge in [-0.3, -0.25) is 9.59 Å². The molecule has 0 atom stereocenters. The normalized spacial score (nSPS) is 13.8. The minimum absolute atomic E-state index is 0.213. The molecule has 0 N–H and O–H groups in total. The van der Waals surface area contributed by atoms with Gasteiger partial charge in [-0.05, 0) is 18.2 Å². The van der Waals surface area contributed by atoms with Crippen molar-refractivity contribution in [1.82, 2.24) is 0 Å². The van der Waals surface area contributed by atoms with Crippen molar-refractivity contribution in [2.24, 2.45) is 0 Å². The van der Waals surface area contributed by atoms with Crippen molar-refractivity contribution in [2.45, 2.75) is 6.42 Å². The number of carbonyl (C=O) groups is 3. The predicted molar refractivity (Wildman–Crippen MR) is 60.4 cm³/mol. The van der Waals surface area contributed by atoms with Crippen LogP contribution in [0.3, 0.4) is 0 Å². The molecule has 17 heavy (non-hydrogen) atoms. The Kier molecular flexibility index (Phi) is 2.91. The van der Waals surface area contributed by atoms with Gasteiger partial charge in [0.2, 0.25) is 0 Å². The molecule has 0 radical (unpaired) electrons. The van der Waals surface area contributed by atoms with Gasteiger partial charge in [0.15, 0.2) is 0 Å². The van der Waals surface area contributed by atoms with Crippen molar-refractivity contribution < 1.29 is 19.1 Å². The zero-order chi connectivity index (χ0) is 12.4. The lowest BCUT2D eigenvalue weighted by Gasteiger charge is -2.14. The number of methoxy groups -OCH3 is 1. The monoisotopic (exact) mass is 233 g/mol. The number of rotatable bonds is 4. The average molecular weight is 233 g/mol.